The first-order valence-corrected chi connectivity index (χ1v) is 8.87. The van der Waals surface area contributed by atoms with Gasteiger partial charge in [-0.05, 0) is 41.8 Å². The summed E-state index contributed by atoms with van der Waals surface area (Å²) >= 11 is 5.89. The molecule has 0 fully saturated rings. The second kappa shape index (κ2) is 9.82. The second-order valence-corrected chi connectivity index (χ2v) is 6.56. The minimum atomic E-state index is 0.00388. The number of amides is 1. The van der Waals surface area contributed by atoms with Crippen LogP contribution in [0, 0.1) is 0 Å². The third-order valence-electron chi connectivity index (χ3n) is 3.91. The van der Waals surface area contributed by atoms with Gasteiger partial charge in [0.2, 0.25) is 0 Å². The second-order valence-electron chi connectivity index (χ2n) is 6.13. The van der Waals surface area contributed by atoms with E-state index in [2.05, 4.69) is 15.6 Å². The Morgan fingerprint density at radius 3 is 2.19 bits per heavy atom. The van der Waals surface area contributed by atoms with Gasteiger partial charge in [0.25, 0.3) is 5.91 Å². The van der Waals surface area contributed by atoms with E-state index in [1.807, 2.05) is 48.5 Å². The summed E-state index contributed by atoms with van der Waals surface area (Å²) in [5.41, 5.74) is 2.99. The molecule has 2 N–H and O–H groups in total. The molecule has 0 atom stereocenters. The summed E-state index contributed by atoms with van der Waals surface area (Å²) in [5, 5.41) is 7.32. The van der Waals surface area contributed by atoms with Crippen molar-refractivity contribution in [2.24, 2.45) is 4.99 Å². The smallest absolute Gasteiger partial charge is 0.253 e. The number of hydrogen-bond donors (Lipinski definition) is 2. The normalized spacial score (nSPS) is 11.2. The highest BCUT2D eigenvalue weighted by molar-refractivity contribution is 6.30. The summed E-state index contributed by atoms with van der Waals surface area (Å²) in [6.07, 6.45) is 0.888. The van der Waals surface area contributed by atoms with Gasteiger partial charge in [-0.1, -0.05) is 35.9 Å². The van der Waals surface area contributed by atoms with E-state index >= 15 is 0 Å². The van der Waals surface area contributed by atoms with E-state index in [0.717, 1.165) is 29.5 Å². The van der Waals surface area contributed by atoms with Crippen LogP contribution in [-0.4, -0.2) is 44.5 Å². The minimum Gasteiger partial charge on any atom is -0.356 e. The standard InChI is InChI=1S/C20H25ClN4O/c1-22-20(23-13-12-15-6-10-18(21)11-7-15)24-14-16-4-8-17(9-5-16)19(26)25(2)3/h4-11H,12-14H2,1-3H3,(H2,22,23,24). The molecule has 0 unspecified atom stereocenters. The molecule has 0 aliphatic rings. The average Bonchev–Trinajstić information content (AvgIpc) is 2.65. The van der Waals surface area contributed by atoms with E-state index in [1.165, 1.54) is 5.56 Å². The summed E-state index contributed by atoms with van der Waals surface area (Å²) < 4.78 is 0. The number of carbonyl (C=O) groups excluding carboxylic acids is 1. The lowest BCUT2D eigenvalue weighted by molar-refractivity contribution is 0.0827. The lowest BCUT2D eigenvalue weighted by Gasteiger charge is -2.13. The Labute approximate surface area is 160 Å². The maximum atomic E-state index is 11.9. The molecule has 2 aromatic rings. The van der Waals surface area contributed by atoms with E-state index in [0.29, 0.717) is 12.1 Å². The van der Waals surface area contributed by atoms with Crippen LogP contribution in [0.2, 0.25) is 5.02 Å². The summed E-state index contributed by atoms with van der Waals surface area (Å²) in [5.74, 6) is 0.747. The number of nitrogens with one attached hydrogen (secondary N) is 2. The van der Waals surface area contributed by atoms with Crippen molar-refractivity contribution in [1.82, 2.24) is 15.5 Å². The van der Waals surface area contributed by atoms with Gasteiger partial charge in [-0.2, -0.15) is 0 Å². The number of aliphatic imine (C=N–C) groups is 1. The maximum absolute atomic E-state index is 11.9. The predicted octanol–water partition coefficient (Wildman–Crippen LogP) is 2.95. The summed E-state index contributed by atoms with van der Waals surface area (Å²) in [6.45, 7) is 1.41. The van der Waals surface area contributed by atoms with Gasteiger partial charge in [-0.15, -0.1) is 0 Å². The van der Waals surface area contributed by atoms with Crippen molar-refractivity contribution < 1.29 is 4.79 Å². The van der Waals surface area contributed by atoms with Crippen molar-refractivity contribution >= 4 is 23.5 Å². The van der Waals surface area contributed by atoms with Crippen molar-refractivity contribution in [3.63, 3.8) is 0 Å². The molecule has 2 aromatic carbocycles. The van der Waals surface area contributed by atoms with Gasteiger partial charge in [0.05, 0.1) is 0 Å². The van der Waals surface area contributed by atoms with Gasteiger partial charge in [0, 0.05) is 44.8 Å². The maximum Gasteiger partial charge on any atom is 0.253 e. The molecule has 6 heteroatoms. The molecule has 0 aliphatic carbocycles. The first kappa shape index (κ1) is 19.8. The van der Waals surface area contributed by atoms with Crippen LogP contribution < -0.4 is 10.6 Å². The fourth-order valence-corrected chi connectivity index (χ4v) is 2.53. The van der Waals surface area contributed by atoms with Crippen molar-refractivity contribution in [2.75, 3.05) is 27.7 Å². The highest BCUT2D eigenvalue weighted by Crippen LogP contribution is 2.09. The van der Waals surface area contributed by atoms with E-state index in [1.54, 1.807) is 26.0 Å². The number of halogens is 1. The van der Waals surface area contributed by atoms with Crippen molar-refractivity contribution in [3.8, 4) is 0 Å². The third kappa shape index (κ3) is 6.08. The molecule has 0 radical (unpaired) electrons. The number of guanidine groups is 1. The molecule has 0 saturated heterocycles. The quantitative estimate of drug-likeness (QED) is 0.605. The van der Waals surface area contributed by atoms with Crippen LogP contribution in [0.3, 0.4) is 0 Å². The van der Waals surface area contributed by atoms with Crippen LogP contribution in [0.15, 0.2) is 53.5 Å². The molecular formula is C20H25ClN4O. The Bertz CT molecular complexity index is 739. The Balaban J connectivity index is 1.79. The van der Waals surface area contributed by atoms with Crippen LogP contribution in [0.1, 0.15) is 21.5 Å². The van der Waals surface area contributed by atoms with Crippen molar-refractivity contribution in [1.29, 1.82) is 0 Å². The molecule has 138 valence electrons. The Kier molecular flexibility index (Phi) is 7.48. The molecule has 0 heterocycles. The first-order chi connectivity index (χ1) is 12.5. The number of benzene rings is 2. The largest absolute Gasteiger partial charge is 0.356 e. The molecule has 0 spiro atoms. The van der Waals surface area contributed by atoms with Gasteiger partial charge < -0.3 is 15.5 Å². The van der Waals surface area contributed by atoms with Gasteiger partial charge in [0.15, 0.2) is 5.96 Å². The lowest BCUT2D eigenvalue weighted by atomic mass is 10.1. The Hall–Kier alpha value is -2.53. The zero-order chi connectivity index (χ0) is 18.9. The number of hydrogen-bond acceptors (Lipinski definition) is 2. The highest BCUT2D eigenvalue weighted by Gasteiger charge is 2.07. The molecule has 5 nitrogen and oxygen atoms in total. The van der Waals surface area contributed by atoms with Gasteiger partial charge in [-0.3, -0.25) is 9.79 Å². The van der Waals surface area contributed by atoms with E-state index < -0.39 is 0 Å². The predicted molar refractivity (Wildman–Crippen MR) is 108 cm³/mol. The molecule has 0 aromatic heterocycles. The SMILES string of the molecule is CN=C(NCCc1ccc(Cl)cc1)NCc1ccc(C(=O)N(C)C)cc1. The van der Waals surface area contributed by atoms with Crippen LogP contribution in [-0.2, 0) is 13.0 Å². The fourth-order valence-electron chi connectivity index (χ4n) is 2.41. The molecule has 0 aliphatic heterocycles. The monoisotopic (exact) mass is 372 g/mol. The minimum absolute atomic E-state index is 0.00388. The molecule has 26 heavy (non-hydrogen) atoms. The van der Waals surface area contributed by atoms with Crippen LogP contribution in [0.25, 0.3) is 0 Å². The van der Waals surface area contributed by atoms with Gasteiger partial charge in [-0.25, -0.2) is 0 Å². The molecule has 0 bridgehead atoms. The highest BCUT2D eigenvalue weighted by atomic mass is 35.5. The lowest BCUT2D eigenvalue weighted by Crippen LogP contribution is -2.37. The zero-order valence-corrected chi connectivity index (χ0v) is 16.2. The average molecular weight is 373 g/mol. The van der Waals surface area contributed by atoms with Crippen molar-refractivity contribution in [2.45, 2.75) is 13.0 Å². The summed E-state index contributed by atoms with van der Waals surface area (Å²) in [4.78, 5) is 17.7. The van der Waals surface area contributed by atoms with Crippen LogP contribution >= 0.6 is 11.6 Å². The zero-order valence-electron chi connectivity index (χ0n) is 15.4. The van der Waals surface area contributed by atoms with Gasteiger partial charge in [0.1, 0.15) is 0 Å². The molecule has 2 rings (SSSR count). The van der Waals surface area contributed by atoms with Crippen molar-refractivity contribution in [3.05, 3.63) is 70.2 Å². The number of carbonyl (C=O) groups is 1. The van der Waals surface area contributed by atoms with E-state index in [-0.39, 0.29) is 5.91 Å². The van der Waals surface area contributed by atoms with E-state index in [9.17, 15) is 4.79 Å². The summed E-state index contributed by atoms with van der Waals surface area (Å²) in [6, 6.07) is 15.4. The van der Waals surface area contributed by atoms with Crippen LogP contribution in [0.5, 0.6) is 0 Å². The Morgan fingerprint density at radius 1 is 1.00 bits per heavy atom. The molecular weight excluding hydrogens is 348 g/mol. The number of nitrogens with zero attached hydrogens (tertiary/aromatic N) is 2. The number of rotatable bonds is 6. The van der Waals surface area contributed by atoms with E-state index in [4.69, 9.17) is 11.6 Å². The Morgan fingerprint density at radius 2 is 1.62 bits per heavy atom. The van der Waals surface area contributed by atoms with Crippen LogP contribution in [0.4, 0.5) is 0 Å². The topological polar surface area (TPSA) is 56.7 Å². The van der Waals surface area contributed by atoms with Gasteiger partial charge >= 0.3 is 0 Å². The summed E-state index contributed by atoms with van der Waals surface area (Å²) in [7, 11) is 5.24. The molecule has 1 amide bonds. The molecule has 0 saturated carbocycles. The third-order valence-corrected chi connectivity index (χ3v) is 4.16. The first-order valence-electron chi connectivity index (χ1n) is 8.49. The fraction of sp³-hybridized carbons (Fsp3) is 0.300.